The summed E-state index contributed by atoms with van der Waals surface area (Å²) in [5.41, 5.74) is 7.50. The van der Waals surface area contributed by atoms with E-state index in [2.05, 4.69) is 43.0 Å². The Hall–Kier alpha value is -1.10. The molecular weight excluding hydrogens is 262 g/mol. The Kier molecular flexibility index (Phi) is 5.25. The molecule has 1 heterocycles. The number of rotatable bonds is 6. The highest BCUT2D eigenvalue weighted by Gasteiger charge is 2.40. The first-order valence-corrected chi connectivity index (χ1v) is 7.76. The van der Waals surface area contributed by atoms with Gasteiger partial charge in [0.2, 0.25) is 0 Å². The molecule has 1 fully saturated rings. The Morgan fingerprint density at radius 3 is 2.71 bits per heavy atom. The molecule has 0 amide bonds. The van der Waals surface area contributed by atoms with E-state index in [0.29, 0.717) is 12.6 Å². The van der Waals surface area contributed by atoms with Crippen molar-refractivity contribution in [3.8, 4) is 5.75 Å². The second kappa shape index (κ2) is 6.77. The molecule has 1 aliphatic rings. The van der Waals surface area contributed by atoms with Crippen molar-refractivity contribution in [1.29, 1.82) is 0 Å². The monoisotopic (exact) mass is 291 g/mol. The van der Waals surface area contributed by atoms with Crippen LogP contribution in [0.5, 0.6) is 5.75 Å². The third-order valence-electron chi connectivity index (χ3n) is 5.02. The molecule has 1 aliphatic heterocycles. The molecule has 0 aliphatic carbocycles. The van der Waals surface area contributed by atoms with E-state index in [1.54, 1.807) is 7.11 Å². The fourth-order valence-electron chi connectivity index (χ4n) is 3.45. The highest BCUT2D eigenvalue weighted by atomic mass is 16.5. The Labute approximate surface area is 128 Å². The van der Waals surface area contributed by atoms with Crippen LogP contribution in [0.2, 0.25) is 0 Å². The molecule has 2 atom stereocenters. The van der Waals surface area contributed by atoms with Crippen LogP contribution in [0.15, 0.2) is 24.3 Å². The van der Waals surface area contributed by atoms with Gasteiger partial charge in [-0.05, 0) is 52.0 Å². The molecule has 2 rings (SSSR count). The van der Waals surface area contributed by atoms with Crippen LogP contribution < -0.4 is 10.5 Å². The maximum atomic E-state index is 6.13. The molecule has 4 nitrogen and oxygen atoms in total. The van der Waals surface area contributed by atoms with Gasteiger partial charge < -0.3 is 15.4 Å². The maximum Gasteiger partial charge on any atom is 0.122 e. The van der Waals surface area contributed by atoms with Gasteiger partial charge in [-0.15, -0.1) is 0 Å². The quantitative estimate of drug-likeness (QED) is 0.864. The van der Waals surface area contributed by atoms with Crippen LogP contribution in [0.1, 0.15) is 18.9 Å². The van der Waals surface area contributed by atoms with Crippen LogP contribution in [0.25, 0.3) is 0 Å². The lowest BCUT2D eigenvalue weighted by Gasteiger charge is -2.42. The molecule has 1 aromatic carbocycles. The Bertz CT molecular complexity index is 465. The van der Waals surface area contributed by atoms with Gasteiger partial charge in [-0.3, -0.25) is 4.90 Å². The highest BCUT2D eigenvalue weighted by molar-refractivity contribution is 5.33. The average Bonchev–Trinajstić information content (AvgIpc) is 2.89. The van der Waals surface area contributed by atoms with Gasteiger partial charge in [-0.2, -0.15) is 0 Å². The molecule has 1 aromatic rings. The van der Waals surface area contributed by atoms with Crippen LogP contribution in [-0.4, -0.2) is 62.2 Å². The standard InChI is InChI=1S/C17H29N3O/c1-14(11-15-7-5-6-8-16(15)21-4)20(3)17(12-18)9-10-19(2)13-17/h5-8,14H,9-13,18H2,1-4H3. The van der Waals surface area contributed by atoms with Crippen molar-refractivity contribution in [1.82, 2.24) is 9.80 Å². The summed E-state index contributed by atoms with van der Waals surface area (Å²) in [5, 5.41) is 0. The molecular formula is C17H29N3O. The number of ether oxygens (including phenoxy) is 1. The number of likely N-dealkylation sites (N-methyl/N-ethyl adjacent to an activating group) is 2. The largest absolute Gasteiger partial charge is 0.496 e. The van der Waals surface area contributed by atoms with Crippen molar-refractivity contribution >= 4 is 0 Å². The minimum Gasteiger partial charge on any atom is -0.496 e. The lowest BCUT2D eigenvalue weighted by atomic mass is 9.93. The second-order valence-corrected chi connectivity index (χ2v) is 6.39. The molecule has 2 N–H and O–H groups in total. The van der Waals surface area contributed by atoms with E-state index in [4.69, 9.17) is 10.5 Å². The SMILES string of the molecule is COc1ccccc1CC(C)N(C)C1(CN)CCN(C)C1. The van der Waals surface area contributed by atoms with E-state index in [9.17, 15) is 0 Å². The Balaban J connectivity index is 2.10. The van der Waals surface area contributed by atoms with Gasteiger partial charge in [0.1, 0.15) is 5.75 Å². The second-order valence-electron chi connectivity index (χ2n) is 6.39. The molecule has 21 heavy (non-hydrogen) atoms. The van der Waals surface area contributed by atoms with Crippen LogP contribution in [0, 0.1) is 0 Å². The summed E-state index contributed by atoms with van der Waals surface area (Å²) in [6.45, 7) is 5.17. The molecule has 4 heteroatoms. The fraction of sp³-hybridized carbons (Fsp3) is 0.647. The van der Waals surface area contributed by atoms with Crippen LogP contribution in [-0.2, 0) is 6.42 Å². The predicted octanol–water partition coefficient (Wildman–Crippen LogP) is 1.59. The molecule has 2 unspecified atom stereocenters. The van der Waals surface area contributed by atoms with Crippen LogP contribution in [0.3, 0.4) is 0 Å². The Morgan fingerprint density at radius 1 is 1.43 bits per heavy atom. The van der Waals surface area contributed by atoms with Crippen molar-refractivity contribution in [2.45, 2.75) is 31.3 Å². The molecule has 118 valence electrons. The van der Waals surface area contributed by atoms with Crippen molar-refractivity contribution in [3.63, 3.8) is 0 Å². The molecule has 0 saturated carbocycles. The number of para-hydroxylation sites is 1. The number of nitrogens with two attached hydrogens (primary N) is 1. The smallest absolute Gasteiger partial charge is 0.122 e. The normalized spacial score (nSPS) is 24.5. The number of hydrogen-bond donors (Lipinski definition) is 1. The summed E-state index contributed by atoms with van der Waals surface area (Å²) in [7, 11) is 6.13. The summed E-state index contributed by atoms with van der Waals surface area (Å²) in [6.07, 6.45) is 2.12. The first-order chi connectivity index (χ1) is 10.0. The lowest BCUT2D eigenvalue weighted by molar-refractivity contribution is 0.0919. The highest BCUT2D eigenvalue weighted by Crippen LogP contribution is 2.29. The average molecular weight is 291 g/mol. The number of methoxy groups -OCH3 is 1. The lowest BCUT2D eigenvalue weighted by Crippen LogP contribution is -2.57. The molecule has 0 bridgehead atoms. The third-order valence-corrected chi connectivity index (χ3v) is 5.02. The van der Waals surface area contributed by atoms with E-state index in [0.717, 1.165) is 31.7 Å². The van der Waals surface area contributed by atoms with Crippen LogP contribution in [0.4, 0.5) is 0 Å². The summed E-state index contributed by atoms with van der Waals surface area (Å²) in [4.78, 5) is 4.85. The van der Waals surface area contributed by atoms with Crippen molar-refractivity contribution in [3.05, 3.63) is 29.8 Å². The van der Waals surface area contributed by atoms with Gasteiger partial charge in [0, 0.05) is 24.7 Å². The molecule has 0 aromatic heterocycles. The topological polar surface area (TPSA) is 41.7 Å². The minimum absolute atomic E-state index is 0.107. The predicted molar refractivity (Wildman–Crippen MR) is 87.8 cm³/mol. The zero-order chi connectivity index (χ0) is 15.5. The van der Waals surface area contributed by atoms with Crippen molar-refractivity contribution in [2.24, 2.45) is 5.73 Å². The zero-order valence-corrected chi connectivity index (χ0v) is 13.8. The van der Waals surface area contributed by atoms with Gasteiger partial charge >= 0.3 is 0 Å². The van der Waals surface area contributed by atoms with E-state index in [1.165, 1.54) is 5.56 Å². The molecule has 0 spiro atoms. The molecule has 1 saturated heterocycles. The van der Waals surface area contributed by atoms with E-state index in [1.807, 2.05) is 12.1 Å². The number of nitrogens with zero attached hydrogens (tertiary/aromatic N) is 2. The third kappa shape index (κ3) is 3.39. The minimum atomic E-state index is 0.107. The van der Waals surface area contributed by atoms with Crippen molar-refractivity contribution < 1.29 is 4.74 Å². The Morgan fingerprint density at radius 2 is 2.14 bits per heavy atom. The van der Waals surface area contributed by atoms with Gasteiger partial charge in [0.25, 0.3) is 0 Å². The van der Waals surface area contributed by atoms with Gasteiger partial charge in [-0.25, -0.2) is 0 Å². The van der Waals surface area contributed by atoms with Crippen molar-refractivity contribution in [2.75, 3.05) is 40.8 Å². The number of likely N-dealkylation sites (tertiary alicyclic amines) is 1. The van der Waals surface area contributed by atoms with Gasteiger partial charge in [0.05, 0.1) is 7.11 Å². The van der Waals surface area contributed by atoms with E-state index < -0.39 is 0 Å². The maximum absolute atomic E-state index is 6.13. The number of benzene rings is 1. The summed E-state index contributed by atoms with van der Waals surface area (Å²) >= 11 is 0. The summed E-state index contributed by atoms with van der Waals surface area (Å²) in [5.74, 6) is 0.975. The molecule has 0 radical (unpaired) electrons. The van der Waals surface area contributed by atoms with Gasteiger partial charge in [-0.1, -0.05) is 18.2 Å². The van der Waals surface area contributed by atoms with E-state index in [-0.39, 0.29) is 5.54 Å². The van der Waals surface area contributed by atoms with Crippen LogP contribution >= 0.6 is 0 Å². The summed E-state index contributed by atoms with van der Waals surface area (Å²) in [6, 6.07) is 8.70. The zero-order valence-electron chi connectivity index (χ0n) is 13.8. The first kappa shape index (κ1) is 16.3. The summed E-state index contributed by atoms with van der Waals surface area (Å²) < 4.78 is 5.47. The first-order valence-electron chi connectivity index (χ1n) is 7.76. The number of hydrogen-bond acceptors (Lipinski definition) is 4. The van der Waals surface area contributed by atoms with E-state index >= 15 is 0 Å². The fourth-order valence-corrected chi connectivity index (χ4v) is 3.45. The van der Waals surface area contributed by atoms with Gasteiger partial charge in [0.15, 0.2) is 0 Å².